The number of carbonyl (C=O) groups excluding carboxylic acids is 2. The second-order valence-corrected chi connectivity index (χ2v) is 9.19. The fraction of sp³-hybridized carbons (Fsp3) is 0.680. The summed E-state index contributed by atoms with van der Waals surface area (Å²) in [5, 5.41) is 2.89. The fourth-order valence-electron chi connectivity index (χ4n) is 2.48. The molecule has 1 aromatic carbocycles. The van der Waals surface area contributed by atoms with Gasteiger partial charge in [-0.2, -0.15) is 0 Å². The van der Waals surface area contributed by atoms with Crippen molar-refractivity contribution in [3.63, 3.8) is 0 Å². The van der Waals surface area contributed by atoms with E-state index in [1.807, 2.05) is 45.9 Å². The summed E-state index contributed by atoms with van der Waals surface area (Å²) >= 11 is 0. The number of carbonyl (C=O) groups is 2. The van der Waals surface area contributed by atoms with Gasteiger partial charge in [-0.1, -0.05) is 49.7 Å². The minimum absolute atomic E-state index is 0.00851. The Labute approximate surface area is 194 Å². The van der Waals surface area contributed by atoms with Crippen LogP contribution in [0.15, 0.2) is 30.3 Å². The molecule has 184 valence electrons. The van der Waals surface area contributed by atoms with Crippen LogP contribution in [0.3, 0.4) is 0 Å². The first-order valence-corrected chi connectivity index (χ1v) is 11.2. The topological polar surface area (TPSA) is 83.1 Å². The van der Waals surface area contributed by atoms with Gasteiger partial charge in [0.25, 0.3) is 6.47 Å². The minimum Gasteiger partial charge on any atom is -0.462 e. The van der Waals surface area contributed by atoms with Gasteiger partial charge in [0, 0.05) is 13.0 Å². The third-order valence-corrected chi connectivity index (χ3v) is 4.14. The molecule has 0 radical (unpaired) electrons. The van der Waals surface area contributed by atoms with Crippen molar-refractivity contribution in [3.8, 4) is 0 Å². The van der Waals surface area contributed by atoms with Crippen LogP contribution in [-0.2, 0) is 28.5 Å². The molecule has 0 spiro atoms. The molecule has 7 nitrogen and oxygen atoms in total. The minimum atomic E-state index is -0.392. The zero-order valence-electron chi connectivity index (χ0n) is 21.1. The van der Waals surface area contributed by atoms with Crippen LogP contribution in [-0.4, -0.2) is 63.2 Å². The summed E-state index contributed by atoms with van der Waals surface area (Å²) in [6.07, 6.45) is 0.521. The highest BCUT2D eigenvalue weighted by Gasteiger charge is 2.26. The van der Waals surface area contributed by atoms with Crippen molar-refractivity contribution in [2.45, 2.75) is 78.7 Å². The van der Waals surface area contributed by atoms with Crippen molar-refractivity contribution >= 4 is 12.4 Å². The molecule has 1 fully saturated rings. The molecule has 1 N–H and O–H groups in total. The van der Waals surface area contributed by atoms with Crippen molar-refractivity contribution in [1.82, 2.24) is 5.32 Å². The van der Waals surface area contributed by atoms with E-state index in [0.717, 1.165) is 0 Å². The molecule has 1 heterocycles. The van der Waals surface area contributed by atoms with E-state index >= 15 is 0 Å². The lowest BCUT2D eigenvalue weighted by Gasteiger charge is -2.21. The Morgan fingerprint density at radius 2 is 1.81 bits per heavy atom. The highest BCUT2D eigenvalue weighted by atomic mass is 16.6. The molecule has 7 heteroatoms. The Morgan fingerprint density at radius 1 is 1.19 bits per heavy atom. The number of benzene rings is 1. The summed E-state index contributed by atoms with van der Waals surface area (Å²) < 4.78 is 21.2. The van der Waals surface area contributed by atoms with E-state index in [2.05, 4.69) is 43.0 Å². The van der Waals surface area contributed by atoms with Gasteiger partial charge in [0.15, 0.2) is 0 Å². The Kier molecular flexibility index (Phi) is 15.6. The zero-order valence-corrected chi connectivity index (χ0v) is 21.1. The maximum Gasteiger partial charge on any atom is 0.325 e. The molecule has 2 rings (SSSR count). The molecule has 3 atom stereocenters. The number of hydrogen-bond donors (Lipinski definition) is 1. The maximum atomic E-state index is 11.7. The molecular formula is C25H43NO6. The van der Waals surface area contributed by atoms with Gasteiger partial charge in [-0.3, -0.25) is 9.59 Å². The molecule has 0 aliphatic carbocycles. The summed E-state index contributed by atoms with van der Waals surface area (Å²) in [5.74, 6) is 0.232. The smallest absolute Gasteiger partial charge is 0.325 e. The summed E-state index contributed by atoms with van der Waals surface area (Å²) in [7, 11) is 1.73. The number of nitrogens with one attached hydrogen (secondary N) is 1. The van der Waals surface area contributed by atoms with Crippen LogP contribution in [0.4, 0.5) is 0 Å². The van der Waals surface area contributed by atoms with E-state index < -0.39 is 6.04 Å². The molecule has 0 saturated carbocycles. The number of likely N-dealkylation sites (N-methyl/N-ethyl adjacent to an activating group) is 1. The second-order valence-electron chi connectivity index (χ2n) is 9.19. The van der Waals surface area contributed by atoms with Crippen LogP contribution in [0, 0.1) is 12.8 Å². The van der Waals surface area contributed by atoms with Gasteiger partial charge in [-0.05, 0) is 47.6 Å². The van der Waals surface area contributed by atoms with Crippen LogP contribution >= 0.6 is 0 Å². The Morgan fingerprint density at radius 3 is 2.22 bits per heavy atom. The van der Waals surface area contributed by atoms with E-state index in [1.165, 1.54) is 5.56 Å². The Bertz CT molecular complexity index is 615. The molecule has 1 aromatic rings. The van der Waals surface area contributed by atoms with Crippen LogP contribution in [0.1, 0.15) is 53.5 Å². The van der Waals surface area contributed by atoms with Gasteiger partial charge < -0.3 is 24.3 Å². The van der Waals surface area contributed by atoms with Gasteiger partial charge in [0.2, 0.25) is 0 Å². The maximum absolute atomic E-state index is 11.7. The first kappa shape index (κ1) is 30.0. The zero-order chi connectivity index (χ0) is 24.6. The monoisotopic (exact) mass is 453 g/mol. The van der Waals surface area contributed by atoms with Gasteiger partial charge in [0.05, 0.1) is 19.3 Å². The molecule has 2 unspecified atom stereocenters. The molecule has 0 aromatic heterocycles. The fourth-order valence-corrected chi connectivity index (χ4v) is 2.48. The molecule has 0 bridgehead atoms. The predicted molar refractivity (Wildman–Crippen MR) is 126 cm³/mol. The highest BCUT2D eigenvalue weighted by molar-refractivity contribution is 5.76. The van der Waals surface area contributed by atoms with Gasteiger partial charge in [-0.15, -0.1) is 0 Å². The van der Waals surface area contributed by atoms with Crippen molar-refractivity contribution in [3.05, 3.63) is 35.9 Å². The molecule has 1 aliphatic heterocycles. The first-order valence-electron chi connectivity index (χ1n) is 11.2. The third kappa shape index (κ3) is 16.7. The van der Waals surface area contributed by atoms with E-state index in [9.17, 15) is 9.59 Å². The molecule has 1 aliphatic rings. The number of aryl methyl sites for hydroxylation is 1. The number of ether oxygens (including phenoxy) is 4. The summed E-state index contributed by atoms with van der Waals surface area (Å²) in [6, 6.07) is 9.87. The molecule has 0 amide bonds. The van der Waals surface area contributed by atoms with Crippen molar-refractivity contribution in [1.29, 1.82) is 0 Å². The highest BCUT2D eigenvalue weighted by Crippen LogP contribution is 2.12. The van der Waals surface area contributed by atoms with Crippen LogP contribution in [0.5, 0.6) is 0 Å². The van der Waals surface area contributed by atoms with E-state index in [1.54, 1.807) is 7.05 Å². The van der Waals surface area contributed by atoms with E-state index in [-0.39, 0.29) is 23.8 Å². The summed E-state index contributed by atoms with van der Waals surface area (Å²) in [6.45, 7) is 15.6. The summed E-state index contributed by atoms with van der Waals surface area (Å²) in [5.41, 5.74) is 1.00. The number of cyclic esters (lactones) is 1. The van der Waals surface area contributed by atoms with Crippen molar-refractivity contribution < 1.29 is 28.5 Å². The van der Waals surface area contributed by atoms with Crippen LogP contribution in [0.2, 0.25) is 0 Å². The Hall–Kier alpha value is -1.96. The lowest BCUT2D eigenvalue weighted by Crippen LogP contribution is -2.40. The average Bonchev–Trinajstić information content (AvgIpc) is 2.75. The standard InChI is InChI=1S/C13H25NO4.C7H8.C5H10O2/c1-9(2)6-17-11-5-10(3)18-13(15)12(14-4)8-16-7-11;1-7-5-3-2-4-6-7;1-5(2,3)7-4-6/h9-12,14H,5-8H2,1-4H3;2-6H,1H3;4H,1-3H3/t10?,11?,12-;;/m0../s1. The van der Waals surface area contributed by atoms with E-state index in [4.69, 9.17) is 14.2 Å². The Balaban J connectivity index is 0.000000560. The molecular weight excluding hydrogens is 410 g/mol. The SMILES string of the molecule is CC(C)(C)OC=O.CN[C@H]1COCC(OCC(C)C)CC(C)OC1=O.Cc1ccccc1. The van der Waals surface area contributed by atoms with Gasteiger partial charge >= 0.3 is 5.97 Å². The van der Waals surface area contributed by atoms with E-state index in [0.29, 0.717) is 38.6 Å². The van der Waals surface area contributed by atoms with Gasteiger partial charge in [-0.25, -0.2) is 0 Å². The first-order chi connectivity index (χ1) is 15.0. The van der Waals surface area contributed by atoms with Crippen LogP contribution < -0.4 is 5.32 Å². The van der Waals surface area contributed by atoms with Gasteiger partial charge in [0.1, 0.15) is 17.7 Å². The second kappa shape index (κ2) is 16.6. The lowest BCUT2D eigenvalue weighted by atomic mass is 10.2. The predicted octanol–water partition coefficient (Wildman–Crippen LogP) is 3.92. The molecule has 1 saturated heterocycles. The number of hydrogen-bond acceptors (Lipinski definition) is 7. The van der Waals surface area contributed by atoms with Crippen molar-refractivity contribution in [2.75, 3.05) is 26.9 Å². The number of rotatable bonds is 5. The van der Waals surface area contributed by atoms with Crippen LogP contribution in [0.25, 0.3) is 0 Å². The molecule has 32 heavy (non-hydrogen) atoms. The third-order valence-electron chi connectivity index (χ3n) is 4.14. The summed E-state index contributed by atoms with van der Waals surface area (Å²) in [4.78, 5) is 21.3. The quantitative estimate of drug-likeness (QED) is 0.534. The average molecular weight is 454 g/mol. The normalized spacial score (nSPS) is 21.4. The lowest BCUT2D eigenvalue weighted by molar-refractivity contribution is -0.152. The largest absolute Gasteiger partial charge is 0.462 e. The number of esters is 1. The van der Waals surface area contributed by atoms with Crippen molar-refractivity contribution in [2.24, 2.45) is 5.92 Å².